The number of anilines is 2. The van der Waals surface area contributed by atoms with Gasteiger partial charge in [0.15, 0.2) is 11.6 Å². The number of benzene rings is 3. The Morgan fingerprint density at radius 2 is 1.78 bits per heavy atom. The number of carbonyl (C=O) groups excluding carboxylic acids is 2. The predicted octanol–water partition coefficient (Wildman–Crippen LogP) is 5.02. The van der Waals surface area contributed by atoms with Crippen molar-refractivity contribution in [2.24, 2.45) is 4.99 Å². The van der Waals surface area contributed by atoms with E-state index in [1.807, 2.05) is 30.3 Å². The Balaban J connectivity index is 1.59. The van der Waals surface area contributed by atoms with Gasteiger partial charge in [-0.25, -0.2) is 8.78 Å². The fraction of sp³-hybridized carbons (Fsp3) is 0.160. The summed E-state index contributed by atoms with van der Waals surface area (Å²) in [6.45, 7) is 1.79. The smallest absolute Gasteiger partial charge is 0.244 e. The Labute approximate surface area is 184 Å². The van der Waals surface area contributed by atoms with Gasteiger partial charge in [-0.05, 0) is 41.8 Å². The van der Waals surface area contributed by atoms with Crippen LogP contribution in [0.2, 0.25) is 0 Å². The number of aryl methyl sites for hydroxylation is 1. The summed E-state index contributed by atoms with van der Waals surface area (Å²) in [6, 6.07) is 18.1. The van der Waals surface area contributed by atoms with E-state index in [0.717, 1.165) is 24.1 Å². The summed E-state index contributed by atoms with van der Waals surface area (Å²) in [7, 11) is 0. The minimum Gasteiger partial charge on any atom is -0.324 e. The average molecular weight is 433 g/mol. The van der Waals surface area contributed by atoms with E-state index in [1.165, 1.54) is 16.5 Å². The van der Waals surface area contributed by atoms with Crippen LogP contribution in [-0.2, 0) is 16.0 Å². The molecular weight excluding hydrogens is 412 g/mol. The summed E-state index contributed by atoms with van der Waals surface area (Å²) < 4.78 is 26.6. The van der Waals surface area contributed by atoms with Crippen LogP contribution in [0.3, 0.4) is 0 Å². The van der Waals surface area contributed by atoms with E-state index in [1.54, 1.807) is 18.2 Å². The summed E-state index contributed by atoms with van der Waals surface area (Å²) >= 11 is 0. The number of nitrogens with one attached hydrogen (secondary N) is 1. The number of nitrogens with zero attached hydrogens (tertiary/aromatic N) is 2. The third kappa shape index (κ3) is 4.56. The average Bonchev–Trinajstić information content (AvgIpc) is 2.93. The Hall–Kier alpha value is -3.87. The van der Waals surface area contributed by atoms with Crippen molar-refractivity contribution in [3.05, 3.63) is 89.5 Å². The van der Waals surface area contributed by atoms with Crippen molar-refractivity contribution in [2.45, 2.75) is 19.8 Å². The molecule has 0 atom stereocenters. The molecule has 3 aromatic rings. The molecule has 0 saturated heterocycles. The number of amides is 2. The Kier molecular flexibility index (Phi) is 6.07. The molecule has 0 unspecified atom stereocenters. The standard InChI is InChI=1S/C25H21F2N3O2/c1-2-16-7-9-17(10-8-16)22-14-25(32)30(23-6-4-3-5-21(23)29-22)15-24(31)28-18-11-12-19(26)20(27)13-18/h3-13H,2,14-15H2,1H3,(H,28,31). The number of hydrogen-bond donors (Lipinski definition) is 1. The van der Waals surface area contributed by atoms with Crippen LogP contribution in [0.5, 0.6) is 0 Å². The number of fused-ring (bicyclic) bond motifs is 1. The van der Waals surface area contributed by atoms with Crippen molar-refractivity contribution >= 4 is 34.6 Å². The molecule has 1 aliphatic rings. The van der Waals surface area contributed by atoms with E-state index in [-0.39, 0.29) is 24.6 Å². The minimum atomic E-state index is -1.06. The van der Waals surface area contributed by atoms with Gasteiger partial charge in [-0.1, -0.05) is 43.3 Å². The highest BCUT2D eigenvalue weighted by Gasteiger charge is 2.26. The van der Waals surface area contributed by atoms with Crippen LogP contribution in [0.15, 0.2) is 71.7 Å². The SMILES string of the molecule is CCc1ccc(C2=Nc3ccccc3N(CC(=O)Nc3ccc(F)c(F)c3)C(=O)C2)cc1. The van der Waals surface area contributed by atoms with Crippen LogP contribution >= 0.6 is 0 Å². The van der Waals surface area contributed by atoms with E-state index < -0.39 is 17.5 Å². The van der Waals surface area contributed by atoms with Crippen LogP contribution in [-0.4, -0.2) is 24.1 Å². The first-order valence-corrected chi connectivity index (χ1v) is 10.3. The quantitative estimate of drug-likeness (QED) is 0.614. The predicted molar refractivity (Wildman–Crippen MR) is 120 cm³/mol. The van der Waals surface area contributed by atoms with Gasteiger partial charge in [0.05, 0.1) is 23.5 Å². The van der Waals surface area contributed by atoms with E-state index in [9.17, 15) is 18.4 Å². The highest BCUT2D eigenvalue weighted by Crippen LogP contribution is 2.33. The highest BCUT2D eigenvalue weighted by atomic mass is 19.2. The molecule has 0 saturated carbocycles. The lowest BCUT2D eigenvalue weighted by Gasteiger charge is -2.22. The third-order valence-corrected chi connectivity index (χ3v) is 5.25. The normalized spacial score (nSPS) is 13.3. The van der Waals surface area contributed by atoms with Gasteiger partial charge in [-0.15, -0.1) is 0 Å². The lowest BCUT2D eigenvalue weighted by molar-refractivity contribution is -0.120. The molecule has 0 fully saturated rings. The number of halogens is 2. The minimum absolute atomic E-state index is 0.0264. The first kappa shape index (κ1) is 21.4. The van der Waals surface area contributed by atoms with Gasteiger partial charge in [0.1, 0.15) is 6.54 Å². The molecule has 1 heterocycles. The molecule has 0 radical (unpaired) electrons. The maximum absolute atomic E-state index is 13.4. The molecule has 1 aliphatic heterocycles. The molecule has 3 aromatic carbocycles. The van der Waals surface area contributed by atoms with Gasteiger partial charge in [-0.3, -0.25) is 14.6 Å². The molecule has 4 rings (SSSR count). The molecule has 7 heteroatoms. The van der Waals surface area contributed by atoms with E-state index >= 15 is 0 Å². The number of aliphatic imine (C=N–C) groups is 1. The highest BCUT2D eigenvalue weighted by molar-refractivity contribution is 6.19. The molecule has 2 amide bonds. The van der Waals surface area contributed by atoms with Gasteiger partial charge < -0.3 is 10.2 Å². The molecule has 1 N–H and O–H groups in total. The zero-order valence-corrected chi connectivity index (χ0v) is 17.4. The van der Waals surface area contributed by atoms with Crippen molar-refractivity contribution < 1.29 is 18.4 Å². The van der Waals surface area contributed by atoms with Crippen LogP contribution in [0, 0.1) is 11.6 Å². The van der Waals surface area contributed by atoms with Crippen LogP contribution in [0.4, 0.5) is 25.8 Å². The van der Waals surface area contributed by atoms with E-state index in [0.29, 0.717) is 17.1 Å². The second-order valence-electron chi connectivity index (χ2n) is 7.43. The van der Waals surface area contributed by atoms with Gasteiger partial charge >= 0.3 is 0 Å². The lowest BCUT2D eigenvalue weighted by atomic mass is 10.0. The second-order valence-corrected chi connectivity index (χ2v) is 7.43. The van der Waals surface area contributed by atoms with Crippen LogP contribution in [0.1, 0.15) is 24.5 Å². The third-order valence-electron chi connectivity index (χ3n) is 5.25. The zero-order chi connectivity index (χ0) is 22.7. The fourth-order valence-corrected chi connectivity index (χ4v) is 3.54. The van der Waals surface area contributed by atoms with Gasteiger partial charge in [0.2, 0.25) is 11.8 Å². The zero-order valence-electron chi connectivity index (χ0n) is 17.4. The number of hydrogen-bond acceptors (Lipinski definition) is 3. The van der Waals surface area contributed by atoms with Crippen LogP contribution in [0.25, 0.3) is 0 Å². The summed E-state index contributed by atoms with van der Waals surface area (Å²) in [5.41, 5.74) is 3.85. The topological polar surface area (TPSA) is 61.8 Å². The summed E-state index contributed by atoms with van der Waals surface area (Å²) in [6.07, 6.45) is 0.938. The van der Waals surface area contributed by atoms with Gasteiger partial charge in [0.25, 0.3) is 0 Å². The molecule has 32 heavy (non-hydrogen) atoms. The van der Waals surface area contributed by atoms with E-state index in [4.69, 9.17) is 4.99 Å². The van der Waals surface area contributed by atoms with Crippen molar-refractivity contribution in [3.8, 4) is 0 Å². The Bertz CT molecular complexity index is 1210. The lowest BCUT2D eigenvalue weighted by Crippen LogP contribution is -2.38. The molecule has 0 bridgehead atoms. The monoisotopic (exact) mass is 433 g/mol. The molecular formula is C25H21F2N3O2. The largest absolute Gasteiger partial charge is 0.324 e. The van der Waals surface area contributed by atoms with Crippen molar-refractivity contribution in [2.75, 3.05) is 16.8 Å². The van der Waals surface area contributed by atoms with Crippen molar-refractivity contribution in [1.82, 2.24) is 0 Å². The maximum atomic E-state index is 13.4. The summed E-state index contributed by atoms with van der Waals surface area (Å²) in [5.74, 6) is -2.88. The first-order chi connectivity index (χ1) is 15.4. The molecule has 0 aliphatic carbocycles. The summed E-state index contributed by atoms with van der Waals surface area (Å²) in [4.78, 5) is 31.8. The number of para-hydroxylation sites is 2. The number of rotatable bonds is 5. The van der Waals surface area contributed by atoms with Gasteiger partial charge in [0, 0.05) is 11.8 Å². The fourth-order valence-electron chi connectivity index (χ4n) is 3.54. The molecule has 162 valence electrons. The maximum Gasteiger partial charge on any atom is 0.244 e. The molecule has 5 nitrogen and oxygen atoms in total. The van der Waals surface area contributed by atoms with E-state index in [2.05, 4.69) is 12.2 Å². The van der Waals surface area contributed by atoms with Crippen LogP contribution < -0.4 is 10.2 Å². The Morgan fingerprint density at radius 3 is 2.50 bits per heavy atom. The van der Waals surface area contributed by atoms with Gasteiger partial charge in [-0.2, -0.15) is 0 Å². The van der Waals surface area contributed by atoms with Crippen molar-refractivity contribution in [1.29, 1.82) is 0 Å². The summed E-state index contributed by atoms with van der Waals surface area (Å²) in [5, 5.41) is 2.51. The Morgan fingerprint density at radius 1 is 1.03 bits per heavy atom. The molecule has 0 aromatic heterocycles. The first-order valence-electron chi connectivity index (χ1n) is 10.3. The molecule has 0 spiro atoms. The number of carbonyl (C=O) groups is 2. The second kappa shape index (κ2) is 9.09. The van der Waals surface area contributed by atoms with Crippen molar-refractivity contribution in [3.63, 3.8) is 0 Å².